The van der Waals surface area contributed by atoms with Gasteiger partial charge in [0.25, 0.3) is 0 Å². The average molecular weight is 331 g/mol. The minimum absolute atomic E-state index is 0.0863. The minimum Gasteiger partial charge on any atom is -0.353 e. The van der Waals surface area contributed by atoms with E-state index in [4.69, 9.17) is 0 Å². The highest BCUT2D eigenvalue weighted by Crippen LogP contribution is 2.33. The summed E-state index contributed by atoms with van der Waals surface area (Å²) < 4.78 is 2.06. The van der Waals surface area contributed by atoms with Gasteiger partial charge < -0.3 is 14.4 Å². The van der Waals surface area contributed by atoms with Crippen molar-refractivity contribution in [1.82, 2.24) is 14.4 Å². The first kappa shape index (κ1) is 17.1. The van der Waals surface area contributed by atoms with Crippen LogP contribution in [0.3, 0.4) is 0 Å². The summed E-state index contributed by atoms with van der Waals surface area (Å²) >= 11 is 0. The lowest BCUT2D eigenvalue weighted by Gasteiger charge is -2.32. The van der Waals surface area contributed by atoms with Crippen LogP contribution in [0.15, 0.2) is 18.3 Å². The van der Waals surface area contributed by atoms with Gasteiger partial charge in [0, 0.05) is 36.4 Å². The van der Waals surface area contributed by atoms with Crippen LogP contribution in [0.2, 0.25) is 0 Å². The smallest absolute Gasteiger partial charge is 0.242 e. The second-order valence-electron chi connectivity index (χ2n) is 8.28. The van der Waals surface area contributed by atoms with Gasteiger partial charge in [0.15, 0.2) is 0 Å². The molecule has 0 saturated heterocycles. The normalized spacial score (nSPS) is 17.7. The Hall–Kier alpha value is -1.78. The number of carbonyl (C=O) groups is 2. The molecular formula is C19H29N3O2. The van der Waals surface area contributed by atoms with E-state index in [9.17, 15) is 9.59 Å². The molecule has 1 aromatic heterocycles. The maximum atomic E-state index is 13.0. The summed E-state index contributed by atoms with van der Waals surface area (Å²) in [6.07, 6.45) is 6.21. The Morgan fingerprint density at radius 3 is 2.17 bits per heavy atom. The second kappa shape index (κ2) is 6.26. The average Bonchev–Trinajstić information content (AvgIpc) is 3.40. The molecule has 3 rings (SSSR count). The van der Waals surface area contributed by atoms with E-state index in [2.05, 4.69) is 10.6 Å². The van der Waals surface area contributed by atoms with Crippen molar-refractivity contribution in [1.29, 1.82) is 0 Å². The number of nitrogens with zero attached hydrogens (tertiary/aromatic N) is 3. The standard InChI is InChI=1S/C19H29N3O2/c1-19(2,3)18(24)22(15-9-10-15)13-17(23)21(14-7-8-14)12-16-6-5-11-20(16)4/h5-6,11,14-15H,7-10,12-13H2,1-4H3. The van der Waals surface area contributed by atoms with Gasteiger partial charge in [-0.25, -0.2) is 0 Å². The molecule has 132 valence electrons. The van der Waals surface area contributed by atoms with Gasteiger partial charge in [-0.05, 0) is 37.8 Å². The van der Waals surface area contributed by atoms with Crippen molar-refractivity contribution >= 4 is 11.8 Å². The number of aromatic nitrogens is 1. The van der Waals surface area contributed by atoms with Gasteiger partial charge in [0.2, 0.25) is 11.8 Å². The molecule has 0 radical (unpaired) electrons. The van der Waals surface area contributed by atoms with Crippen molar-refractivity contribution in [3.05, 3.63) is 24.0 Å². The summed E-state index contributed by atoms with van der Waals surface area (Å²) in [5.74, 6) is 0.177. The predicted octanol–water partition coefficient (Wildman–Crippen LogP) is 2.55. The van der Waals surface area contributed by atoms with Gasteiger partial charge in [-0.1, -0.05) is 20.8 Å². The Morgan fingerprint density at radius 2 is 1.71 bits per heavy atom. The Morgan fingerprint density at radius 1 is 1.12 bits per heavy atom. The third kappa shape index (κ3) is 3.82. The molecule has 2 saturated carbocycles. The molecule has 2 aliphatic carbocycles. The number of rotatable bonds is 6. The topological polar surface area (TPSA) is 45.6 Å². The summed E-state index contributed by atoms with van der Waals surface area (Å²) in [5.41, 5.74) is 0.696. The number of amides is 2. The van der Waals surface area contributed by atoms with E-state index >= 15 is 0 Å². The van der Waals surface area contributed by atoms with Crippen LogP contribution < -0.4 is 0 Å². The quantitative estimate of drug-likeness (QED) is 0.804. The SMILES string of the molecule is Cn1cccc1CN(C(=O)CN(C(=O)C(C)(C)C)C1CC1)C1CC1. The third-order valence-corrected chi connectivity index (χ3v) is 4.89. The van der Waals surface area contributed by atoms with Gasteiger partial charge in [-0.15, -0.1) is 0 Å². The largest absolute Gasteiger partial charge is 0.353 e. The lowest BCUT2D eigenvalue weighted by Crippen LogP contribution is -2.48. The van der Waals surface area contributed by atoms with Gasteiger partial charge in [0.1, 0.15) is 6.54 Å². The van der Waals surface area contributed by atoms with Crippen molar-refractivity contribution in [2.75, 3.05) is 6.54 Å². The van der Waals surface area contributed by atoms with Crippen molar-refractivity contribution in [2.24, 2.45) is 12.5 Å². The third-order valence-electron chi connectivity index (χ3n) is 4.89. The highest BCUT2D eigenvalue weighted by Gasteiger charge is 2.40. The molecule has 2 fully saturated rings. The first-order valence-corrected chi connectivity index (χ1v) is 8.98. The van der Waals surface area contributed by atoms with E-state index in [1.165, 1.54) is 0 Å². The zero-order chi connectivity index (χ0) is 17.5. The summed E-state index contributed by atoms with van der Waals surface area (Å²) in [6, 6.07) is 4.67. The number of aryl methyl sites for hydroxylation is 1. The van der Waals surface area contributed by atoms with E-state index in [1.807, 2.05) is 49.9 Å². The van der Waals surface area contributed by atoms with Crippen LogP contribution in [0, 0.1) is 5.41 Å². The summed E-state index contributed by atoms with van der Waals surface area (Å²) in [5, 5.41) is 0. The summed E-state index contributed by atoms with van der Waals surface area (Å²) in [6.45, 7) is 6.64. The summed E-state index contributed by atoms with van der Waals surface area (Å²) in [7, 11) is 2.00. The van der Waals surface area contributed by atoms with Gasteiger partial charge >= 0.3 is 0 Å². The van der Waals surface area contributed by atoms with Crippen molar-refractivity contribution < 1.29 is 9.59 Å². The molecule has 0 aromatic carbocycles. The van der Waals surface area contributed by atoms with Crippen LogP contribution in [-0.4, -0.2) is 44.8 Å². The first-order chi connectivity index (χ1) is 11.3. The van der Waals surface area contributed by atoms with Crippen LogP contribution in [0.4, 0.5) is 0 Å². The molecule has 5 nitrogen and oxygen atoms in total. The minimum atomic E-state index is -0.439. The molecule has 2 aliphatic rings. The first-order valence-electron chi connectivity index (χ1n) is 8.98. The number of carbonyl (C=O) groups excluding carboxylic acids is 2. The Bertz CT molecular complexity index is 621. The number of hydrogen-bond acceptors (Lipinski definition) is 2. The molecule has 0 bridgehead atoms. The van der Waals surface area contributed by atoms with E-state index in [0.717, 1.165) is 31.4 Å². The molecule has 2 amide bonds. The Balaban J connectivity index is 1.70. The molecule has 5 heteroatoms. The van der Waals surface area contributed by atoms with Crippen LogP contribution in [0.1, 0.15) is 52.1 Å². The van der Waals surface area contributed by atoms with Crippen molar-refractivity contribution in [3.8, 4) is 0 Å². The fourth-order valence-corrected chi connectivity index (χ4v) is 3.06. The highest BCUT2D eigenvalue weighted by atomic mass is 16.2. The molecule has 0 N–H and O–H groups in total. The van der Waals surface area contributed by atoms with Gasteiger partial charge in [-0.3, -0.25) is 9.59 Å². The second-order valence-corrected chi connectivity index (χ2v) is 8.28. The van der Waals surface area contributed by atoms with E-state index in [1.54, 1.807) is 0 Å². The molecule has 1 heterocycles. The van der Waals surface area contributed by atoms with Crippen LogP contribution in [0.25, 0.3) is 0 Å². The molecule has 0 spiro atoms. The maximum Gasteiger partial charge on any atom is 0.242 e. The lowest BCUT2D eigenvalue weighted by atomic mass is 9.94. The predicted molar refractivity (Wildman–Crippen MR) is 93.2 cm³/mol. The maximum absolute atomic E-state index is 13.0. The molecule has 0 unspecified atom stereocenters. The fraction of sp³-hybridized carbons (Fsp3) is 0.684. The van der Waals surface area contributed by atoms with Gasteiger partial charge in [-0.2, -0.15) is 0 Å². The zero-order valence-corrected chi connectivity index (χ0v) is 15.3. The van der Waals surface area contributed by atoms with Gasteiger partial charge in [0.05, 0.1) is 6.54 Å². The molecule has 24 heavy (non-hydrogen) atoms. The van der Waals surface area contributed by atoms with E-state index in [0.29, 0.717) is 12.6 Å². The molecule has 1 aromatic rings. The van der Waals surface area contributed by atoms with Crippen LogP contribution in [-0.2, 0) is 23.2 Å². The highest BCUT2D eigenvalue weighted by molar-refractivity contribution is 5.88. The van der Waals surface area contributed by atoms with Crippen molar-refractivity contribution in [3.63, 3.8) is 0 Å². The monoisotopic (exact) mass is 331 g/mol. The lowest BCUT2D eigenvalue weighted by molar-refractivity contribution is -0.146. The van der Waals surface area contributed by atoms with Crippen molar-refractivity contribution in [2.45, 2.75) is 65.1 Å². The Kier molecular flexibility index (Phi) is 4.45. The zero-order valence-electron chi connectivity index (χ0n) is 15.3. The van der Waals surface area contributed by atoms with Crippen LogP contribution >= 0.6 is 0 Å². The Labute approximate surface area is 144 Å². The van der Waals surface area contributed by atoms with E-state index in [-0.39, 0.29) is 24.4 Å². The fourth-order valence-electron chi connectivity index (χ4n) is 3.06. The van der Waals surface area contributed by atoms with Crippen LogP contribution in [0.5, 0.6) is 0 Å². The molecule has 0 atom stereocenters. The van der Waals surface area contributed by atoms with E-state index < -0.39 is 5.41 Å². The number of hydrogen-bond donors (Lipinski definition) is 0. The molecule has 0 aliphatic heterocycles. The molecular weight excluding hydrogens is 302 g/mol. The summed E-state index contributed by atoms with van der Waals surface area (Å²) in [4.78, 5) is 29.5.